The van der Waals surface area contributed by atoms with E-state index in [9.17, 15) is 28.3 Å². The van der Waals surface area contributed by atoms with Crippen LogP contribution in [0.25, 0.3) is 0 Å². The first-order chi connectivity index (χ1) is 13.9. The lowest BCUT2D eigenvalue weighted by Crippen LogP contribution is -2.54. The third-order valence-corrected chi connectivity index (χ3v) is 5.26. The van der Waals surface area contributed by atoms with Crippen LogP contribution in [-0.4, -0.2) is 33.2 Å². The number of Topliss-reactive ketones (excluding diaryl/α,β-unsaturated/α-hetero) is 1. The third-order valence-electron chi connectivity index (χ3n) is 4.76. The van der Waals surface area contributed by atoms with E-state index in [1.165, 1.54) is 25.1 Å². The molecule has 8 nitrogen and oxygen atoms in total. The summed E-state index contributed by atoms with van der Waals surface area (Å²) in [4.78, 5) is 43.5. The quantitative estimate of drug-likeness (QED) is 0.485. The molecule has 0 radical (unpaired) electrons. The number of halogens is 1. The molecule has 0 saturated heterocycles. The predicted octanol–water partition coefficient (Wildman–Crippen LogP) is 3.15. The molecule has 1 amide bonds. The van der Waals surface area contributed by atoms with E-state index in [1.807, 2.05) is 0 Å². The van der Waals surface area contributed by atoms with E-state index in [-0.39, 0.29) is 11.3 Å². The normalized spacial score (nSPS) is 20.1. The Morgan fingerprint density at radius 1 is 1.13 bits per heavy atom. The van der Waals surface area contributed by atoms with Crippen LogP contribution >= 0.6 is 7.82 Å². The van der Waals surface area contributed by atoms with Crippen molar-refractivity contribution in [2.75, 3.05) is 0 Å². The van der Waals surface area contributed by atoms with Gasteiger partial charge in [0.1, 0.15) is 23.3 Å². The standard InChI is InChI=1S/C20H21FNO7P/c1-11(23)13-6-9-16-15(10-13)17(18(20(2,3)28-16)29-30(25,26)27)22-19(24)12-4-7-14(21)8-5-12/h4-10,17-18H,1-3H3,(H,22,24)(H2,25,26,27)/t17-,18+/m0/s1. The summed E-state index contributed by atoms with van der Waals surface area (Å²) >= 11 is 0. The van der Waals surface area contributed by atoms with Crippen LogP contribution < -0.4 is 10.1 Å². The van der Waals surface area contributed by atoms with Gasteiger partial charge in [0.05, 0.1) is 6.04 Å². The summed E-state index contributed by atoms with van der Waals surface area (Å²) in [6.45, 7) is 4.49. The summed E-state index contributed by atoms with van der Waals surface area (Å²) < 4.78 is 35.7. The fraction of sp³-hybridized carbons (Fsp3) is 0.300. The lowest BCUT2D eigenvalue weighted by atomic mass is 9.85. The summed E-state index contributed by atoms with van der Waals surface area (Å²) in [5, 5.41) is 2.68. The second kappa shape index (κ2) is 7.92. The van der Waals surface area contributed by atoms with E-state index in [0.29, 0.717) is 16.9 Å². The topological polar surface area (TPSA) is 122 Å². The number of rotatable bonds is 5. The monoisotopic (exact) mass is 437 g/mol. The summed E-state index contributed by atoms with van der Waals surface area (Å²) in [6, 6.07) is 8.33. The number of carbonyl (C=O) groups excluding carboxylic acids is 2. The van der Waals surface area contributed by atoms with Crippen LogP contribution in [0.2, 0.25) is 0 Å². The molecule has 2 aromatic carbocycles. The molecule has 0 unspecified atom stereocenters. The van der Waals surface area contributed by atoms with Gasteiger partial charge in [0.15, 0.2) is 5.78 Å². The average molecular weight is 437 g/mol. The Bertz CT molecular complexity index is 1030. The third kappa shape index (κ3) is 4.76. The van der Waals surface area contributed by atoms with Crippen molar-refractivity contribution < 1.29 is 37.6 Å². The number of hydrogen-bond acceptors (Lipinski definition) is 5. The van der Waals surface area contributed by atoms with E-state index in [2.05, 4.69) is 5.32 Å². The van der Waals surface area contributed by atoms with Crippen molar-refractivity contribution in [3.8, 4) is 5.75 Å². The number of fused-ring (bicyclic) bond motifs is 1. The molecule has 1 aliphatic heterocycles. The molecular formula is C20H21FNO7P. The number of phosphoric acid groups is 1. The Morgan fingerprint density at radius 3 is 2.30 bits per heavy atom. The highest BCUT2D eigenvalue weighted by atomic mass is 31.2. The number of carbonyl (C=O) groups is 2. The Hall–Kier alpha value is -2.58. The highest BCUT2D eigenvalue weighted by Crippen LogP contribution is 2.48. The van der Waals surface area contributed by atoms with Crippen molar-refractivity contribution in [1.82, 2.24) is 5.32 Å². The van der Waals surface area contributed by atoms with Crippen LogP contribution in [0.15, 0.2) is 42.5 Å². The largest absolute Gasteiger partial charge is 0.485 e. The van der Waals surface area contributed by atoms with Crippen molar-refractivity contribution in [3.63, 3.8) is 0 Å². The van der Waals surface area contributed by atoms with Crippen molar-refractivity contribution in [2.45, 2.75) is 38.5 Å². The van der Waals surface area contributed by atoms with Gasteiger partial charge in [0.2, 0.25) is 0 Å². The Morgan fingerprint density at radius 2 is 1.73 bits per heavy atom. The molecule has 1 aliphatic rings. The Kier molecular flexibility index (Phi) is 5.84. The molecule has 0 fully saturated rings. The molecular weight excluding hydrogens is 416 g/mol. The molecule has 2 atom stereocenters. The SMILES string of the molecule is CC(=O)c1ccc2c(c1)[C@H](NC(=O)c1ccc(F)cc1)[C@@H](OP(=O)(O)O)C(C)(C)O2. The number of nitrogens with one attached hydrogen (secondary N) is 1. The number of benzene rings is 2. The van der Waals surface area contributed by atoms with Crippen molar-refractivity contribution >= 4 is 19.5 Å². The molecule has 0 spiro atoms. The highest BCUT2D eigenvalue weighted by molar-refractivity contribution is 7.46. The average Bonchev–Trinajstić information content (AvgIpc) is 2.63. The minimum atomic E-state index is -4.96. The van der Waals surface area contributed by atoms with Crippen molar-refractivity contribution in [1.29, 1.82) is 0 Å². The van der Waals surface area contributed by atoms with Gasteiger partial charge in [0.25, 0.3) is 5.91 Å². The first-order valence-corrected chi connectivity index (χ1v) is 10.5. The van der Waals surface area contributed by atoms with Gasteiger partial charge in [-0.25, -0.2) is 8.96 Å². The molecule has 30 heavy (non-hydrogen) atoms. The fourth-order valence-corrected chi connectivity index (χ4v) is 4.00. The number of phosphoric ester groups is 1. The van der Waals surface area contributed by atoms with Crippen LogP contribution in [0.1, 0.15) is 53.1 Å². The van der Waals surface area contributed by atoms with E-state index < -0.39 is 37.3 Å². The van der Waals surface area contributed by atoms with Crippen LogP contribution in [0.4, 0.5) is 4.39 Å². The minimum absolute atomic E-state index is 0.139. The maximum absolute atomic E-state index is 13.2. The molecule has 0 aromatic heterocycles. The lowest BCUT2D eigenvalue weighted by molar-refractivity contribution is -0.0597. The number of ether oxygens (including phenoxy) is 1. The molecule has 2 aromatic rings. The Balaban J connectivity index is 2.08. The molecule has 3 N–H and O–H groups in total. The molecule has 0 aliphatic carbocycles. The minimum Gasteiger partial charge on any atom is -0.485 e. The number of ketones is 1. The van der Waals surface area contributed by atoms with Gasteiger partial charge >= 0.3 is 7.82 Å². The molecule has 10 heteroatoms. The maximum atomic E-state index is 13.2. The summed E-state index contributed by atoms with van der Waals surface area (Å²) in [7, 11) is -4.96. The molecule has 3 rings (SSSR count). The lowest BCUT2D eigenvalue weighted by Gasteiger charge is -2.44. The highest BCUT2D eigenvalue weighted by Gasteiger charge is 2.48. The van der Waals surface area contributed by atoms with Gasteiger partial charge in [-0.2, -0.15) is 0 Å². The second-order valence-electron chi connectivity index (χ2n) is 7.49. The van der Waals surface area contributed by atoms with Gasteiger partial charge < -0.3 is 19.8 Å². The van der Waals surface area contributed by atoms with Gasteiger partial charge in [-0.05, 0) is 63.2 Å². The van der Waals surface area contributed by atoms with Crippen molar-refractivity contribution in [2.24, 2.45) is 0 Å². The number of amides is 1. The zero-order valence-electron chi connectivity index (χ0n) is 16.5. The maximum Gasteiger partial charge on any atom is 0.470 e. The van der Waals surface area contributed by atoms with Gasteiger partial charge in [-0.15, -0.1) is 0 Å². The first-order valence-electron chi connectivity index (χ1n) is 9.02. The molecule has 160 valence electrons. The van der Waals surface area contributed by atoms with Crippen LogP contribution in [-0.2, 0) is 9.09 Å². The molecule has 1 heterocycles. The van der Waals surface area contributed by atoms with E-state index in [1.54, 1.807) is 26.0 Å². The van der Waals surface area contributed by atoms with Gasteiger partial charge in [0, 0.05) is 16.7 Å². The summed E-state index contributed by atoms with van der Waals surface area (Å²) in [5.74, 6) is -1.03. The fourth-order valence-electron chi connectivity index (χ4n) is 3.32. The van der Waals surface area contributed by atoms with Crippen LogP contribution in [0.5, 0.6) is 5.75 Å². The van der Waals surface area contributed by atoms with Crippen LogP contribution in [0, 0.1) is 5.82 Å². The summed E-state index contributed by atoms with van der Waals surface area (Å²) in [5.41, 5.74) is -0.448. The second-order valence-corrected chi connectivity index (χ2v) is 8.68. The van der Waals surface area contributed by atoms with Crippen molar-refractivity contribution in [3.05, 3.63) is 65.0 Å². The van der Waals surface area contributed by atoms with E-state index in [4.69, 9.17) is 9.26 Å². The molecule has 0 saturated carbocycles. The van der Waals surface area contributed by atoms with Gasteiger partial charge in [-0.1, -0.05) is 0 Å². The van der Waals surface area contributed by atoms with E-state index in [0.717, 1.165) is 12.1 Å². The van der Waals surface area contributed by atoms with Crippen LogP contribution in [0.3, 0.4) is 0 Å². The zero-order chi connectivity index (χ0) is 22.3. The predicted molar refractivity (Wildman–Crippen MR) is 105 cm³/mol. The summed E-state index contributed by atoms with van der Waals surface area (Å²) in [6.07, 6.45) is -1.29. The molecule has 0 bridgehead atoms. The first kappa shape index (κ1) is 22.1. The zero-order valence-corrected chi connectivity index (χ0v) is 17.4. The number of hydrogen-bond donors (Lipinski definition) is 3. The Labute approximate surface area is 172 Å². The van der Waals surface area contributed by atoms with Gasteiger partial charge in [-0.3, -0.25) is 14.1 Å². The smallest absolute Gasteiger partial charge is 0.470 e. The van der Waals surface area contributed by atoms with E-state index >= 15 is 0 Å².